The van der Waals surface area contributed by atoms with Crippen molar-refractivity contribution in [2.45, 2.75) is 64.3 Å². The third-order valence-corrected chi connectivity index (χ3v) is 5.24. The van der Waals surface area contributed by atoms with Crippen LogP contribution in [0.3, 0.4) is 0 Å². The average Bonchev–Trinajstić information content (AvgIpc) is 2.58. The molecule has 0 aromatic heterocycles. The highest BCUT2D eigenvalue weighted by Gasteiger charge is 2.42. The van der Waals surface area contributed by atoms with E-state index >= 15 is 0 Å². The molecule has 1 unspecified atom stereocenters. The number of nitrogens with zero attached hydrogens (tertiary/aromatic N) is 1. The molecule has 0 fully saturated rings. The first-order chi connectivity index (χ1) is 12.3. The number of nitrogens with one attached hydrogen (secondary N) is 1. The van der Waals surface area contributed by atoms with E-state index < -0.39 is 26.2 Å². The number of carbonyl (C=O) groups excluding carboxylic acids is 1. The molecule has 0 bridgehead atoms. The van der Waals surface area contributed by atoms with Gasteiger partial charge in [-0.05, 0) is 23.5 Å². The molecule has 0 radical (unpaired) electrons. The zero-order valence-electron chi connectivity index (χ0n) is 15.6. The molecular weight excluding hydrogens is 359 g/mol. The summed E-state index contributed by atoms with van der Waals surface area (Å²) in [7, 11) is -2.15. The molecule has 9 nitrogen and oxygen atoms in total. The van der Waals surface area contributed by atoms with Gasteiger partial charge in [-0.25, -0.2) is 4.99 Å². The number of nitrogens with two attached hydrogens (primary N) is 2. The van der Waals surface area contributed by atoms with E-state index in [4.69, 9.17) is 25.8 Å². The summed E-state index contributed by atoms with van der Waals surface area (Å²) in [5.41, 5.74) is 11.1. The second-order valence-electron chi connectivity index (χ2n) is 6.06. The first-order valence-electron chi connectivity index (χ1n) is 8.75. The summed E-state index contributed by atoms with van der Waals surface area (Å²) in [6.45, 7) is 5.16. The summed E-state index contributed by atoms with van der Waals surface area (Å²) in [5, 5.41) is 12.2. The Kier molecular flexibility index (Phi) is 9.72. The van der Waals surface area contributed by atoms with E-state index in [1.54, 1.807) is 6.08 Å². The van der Waals surface area contributed by atoms with Crippen molar-refractivity contribution in [1.82, 2.24) is 5.32 Å². The number of carbonyl (C=O) groups is 1. The van der Waals surface area contributed by atoms with Crippen LogP contribution in [0.25, 0.3) is 0 Å². The van der Waals surface area contributed by atoms with E-state index in [0.29, 0.717) is 5.31 Å². The van der Waals surface area contributed by atoms with Gasteiger partial charge in [-0.15, -0.1) is 4.52 Å². The van der Waals surface area contributed by atoms with Crippen molar-refractivity contribution in [2.75, 3.05) is 13.2 Å². The molecule has 0 heterocycles. The first kappa shape index (κ1) is 22.5. The van der Waals surface area contributed by atoms with Crippen LogP contribution in [0.4, 0.5) is 0 Å². The molecule has 0 aromatic carbocycles. The summed E-state index contributed by atoms with van der Waals surface area (Å²) >= 11 is 0. The molecule has 0 saturated carbocycles. The molecule has 0 aromatic rings. The van der Waals surface area contributed by atoms with E-state index in [-0.39, 0.29) is 37.6 Å². The van der Waals surface area contributed by atoms with Crippen LogP contribution in [0.2, 0.25) is 0 Å². The molecule has 1 rings (SSSR count). The Labute approximate surface area is 155 Å². The Balaban J connectivity index is 3.19. The molecule has 6 N–H and O–H groups in total. The van der Waals surface area contributed by atoms with Crippen molar-refractivity contribution >= 4 is 19.9 Å². The van der Waals surface area contributed by atoms with Gasteiger partial charge in [0.15, 0.2) is 5.96 Å². The van der Waals surface area contributed by atoms with Gasteiger partial charge in [-0.2, -0.15) is 0 Å². The fourth-order valence-electron chi connectivity index (χ4n) is 2.82. The first-order valence-corrected chi connectivity index (χ1v) is 9.93. The van der Waals surface area contributed by atoms with Gasteiger partial charge in [-0.1, -0.05) is 13.8 Å². The van der Waals surface area contributed by atoms with Crippen LogP contribution in [0, 0.1) is 0 Å². The predicted octanol–water partition coefficient (Wildman–Crippen LogP) is 0.746. The average molecular weight is 389 g/mol. The zero-order chi connectivity index (χ0) is 19.7. The van der Waals surface area contributed by atoms with Gasteiger partial charge in [-0.3, -0.25) is 4.79 Å². The number of amides is 1. The van der Waals surface area contributed by atoms with Crippen LogP contribution in [0.15, 0.2) is 16.4 Å². The molecule has 1 aliphatic carbocycles. The van der Waals surface area contributed by atoms with Crippen LogP contribution in [-0.2, 0) is 18.6 Å². The van der Waals surface area contributed by atoms with E-state index in [9.17, 15) is 9.36 Å². The van der Waals surface area contributed by atoms with E-state index in [1.807, 2.05) is 13.8 Å². The standard InChI is InChI=1S/C16H29N4O5P/c1-4-11(5-2)25-14-9-12(26(23)24-7-6-21)8-13(20-16(17)18)15(14)19-10(3)22/h9,11,13-15,21H,4-8H2,1-3H3,(H4-,17,18,19,20,22)/p+1/t13-,14+,15+/m0/s1. The maximum Gasteiger partial charge on any atom is 0.544 e. The summed E-state index contributed by atoms with van der Waals surface area (Å²) in [4.78, 5) is 15.9. The third kappa shape index (κ3) is 6.99. The van der Waals surface area contributed by atoms with Gasteiger partial charge >= 0.3 is 8.03 Å². The number of rotatable bonds is 10. The van der Waals surface area contributed by atoms with Crippen molar-refractivity contribution in [1.29, 1.82) is 0 Å². The number of guanidine groups is 1. The fraction of sp³-hybridized carbons (Fsp3) is 0.750. The Morgan fingerprint density at radius 1 is 1.46 bits per heavy atom. The minimum atomic E-state index is -2.15. The summed E-state index contributed by atoms with van der Waals surface area (Å²) in [5.74, 6) is -0.360. The zero-order valence-corrected chi connectivity index (χ0v) is 16.4. The van der Waals surface area contributed by atoms with Crippen LogP contribution in [-0.4, -0.2) is 54.5 Å². The number of aliphatic hydroxyl groups is 1. The van der Waals surface area contributed by atoms with Gasteiger partial charge in [0.1, 0.15) is 12.7 Å². The topological polar surface area (TPSA) is 149 Å². The van der Waals surface area contributed by atoms with Gasteiger partial charge in [0.05, 0.1) is 24.8 Å². The number of hydrogen-bond acceptors (Lipinski definition) is 6. The molecule has 148 valence electrons. The lowest BCUT2D eigenvalue weighted by Crippen LogP contribution is -2.53. The molecule has 1 aliphatic rings. The molecule has 0 aliphatic heterocycles. The normalized spacial score (nSPS) is 23.3. The lowest BCUT2D eigenvalue weighted by atomic mass is 9.93. The summed E-state index contributed by atoms with van der Waals surface area (Å²) in [6.07, 6.45) is 2.99. The lowest BCUT2D eigenvalue weighted by Gasteiger charge is -2.35. The minimum absolute atomic E-state index is 0.0250. The predicted molar refractivity (Wildman–Crippen MR) is 99.8 cm³/mol. The largest absolute Gasteiger partial charge is 0.544 e. The highest BCUT2D eigenvalue weighted by atomic mass is 31.1. The van der Waals surface area contributed by atoms with Crippen molar-refractivity contribution in [3.63, 3.8) is 0 Å². The Bertz CT molecular complexity index is 547. The molecule has 10 heteroatoms. The molecule has 1 amide bonds. The Morgan fingerprint density at radius 3 is 2.62 bits per heavy atom. The molecule has 0 spiro atoms. The fourth-order valence-corrected chi connectivity index (χ4v) is 3.84. The van der Waals surface area contributed by atoms with Crippen LogP contribution in [0.5, 0.6) is 0 Å². The summed E-state index contributed by atoms with van der Waals surface area (Å²) < 4.78 is 23.6. The maximum absolute atomic E-state index is 12.4. The second kappa shape index (κ2) is 11.2. The third-order valence-electron chi connectivity index (χ3n) is 4.02. The van der Waals surface area contributed by atoms with E-state index in [0.717, 1.165) is 12.8 Å². The quantitative estimate of drug-likeness (QED) is 0.245. The summed E-state index contributed by atoms with van der Waals surface area (Å²) in [6, 6.07) is -1.01. The Hall–Kier alpha value is -1.54. The monoisotopic (exact) mass is 389 g/mol. The van der Waals surface area contributed by atoms with Gasteiger partial charge in [0, 0.05) is 13.3 Å². The second-order valence-corrected chi connectivity index (χ2v) is 7.41. The van der Waals surface area contributed by atoms with Crippen molar-refractivity contribution in [2.24, 2.45) is 16.5 Å². The molecule has 0 saturated heterocycles. The molecule has 4 atom stereocenters. The van der Waals surface area contributed by atoms with Crippen molar-refractivity contribution in [3.8, 4) is 0 Å². The lowest BCUT2D eigenvalue weighted by molar-refractivity contribution is -0.121. The number of aliphatic imine (C=N–C) groups is 1. The van der Waals surface area contributed by atoms with Gasteiger partial charge < -0.3 is 26.6 Å². The number of aliphatic hydroxyl groups excluding tert-OH is 1. The van der Waals surface area contributed by atoms with Crippen LogP contribution in [0.1, 0.15) is 40.0 Å². The van der Waals surface area contributed by atoms with Crippen molar-refractivity contribution in [3.05, 3.63) is 11.4 Å². The van der Waals surface area contributed by atoms with Crippen LogP contribution < -0.4 is 16.8 Å². The van der Waals surface area contributed by atoms with E-state index in [1.165, 1.54) is 6.92 Å². The van der Waals surface area contributed by atoms with Crippen LogP contribution >= 0.6 is 8.03 Å². The highest BCUT2D eigenvalue weighted by Crippen LogP contribution is 2.41. The minimum Gasteiger partial charge on any atom is -0.394 e. The van der Waals surface area contributed by atoms with Gasteiger partial charge in [0.2, 0.25) is 11.2 Å². The van der Waals surface area contributed by atoms with E-state index in [2.05, 4.69) is 10.3 Å². The molecular formula is C16H30N4O5P+. The highest BCUT2D eigenvalue weighted by molar-refractivity contribution is 7.44. The maximum atomic E-state index is 12.4. The van der Waals surface area contributed by atoms with Crippen molar-refractivity contribution < 1.29 is 23.7 Å². The van der Waals surface area contributed by atoms with Gasteiger partial charge in [0.25, 0.3) is 0 Å². The number of hydrogen-bond donors (Lipinski definition) is 4. The Morgan fingerprint density at radius 2 is 2.12 bits per heavy atom. The number of ether oxygens (including phenoxy) is 1. The smallest absolute Gasteiger partial charge is 0.394 e. The SMILES string of the molecule is CCC(CC)O[C@@H]1C=C([P+](=O)OCCO)C[C@H](N=C(N)N)[C@H]1NC(C)=O. The molecule has 26 heavy (non-hydrogen) atoms.